The SMILES string of the molecule is COC[C@@]1(S(C)(=O)=O)[C@@H]2OCCC[C@@H]2S1(=O)=O. The molecule has 0 aromatic rings. The number of hydrogen-bond acceptors (Lipinski definition) is 6. The van der Waals surface area contributed by atoms with Crippen LogP contribution < -0.4 is 0 Å². The first-order valence-corrected chi connectivity index (χ1v) is 8.76. The Bertz CT molecular complexity index is 508. The first-order valence-electron chi connectivity index (χ1n) is 5.32. The predicted molar refractivity (Wildman–Crippen MR) is 61.1 cm³/mol. The maximum absolute atomic E-state index is 12.2. The van der Waals surface area contributed by atoms with Crippen LogP contribution in [0.25, 0.3) is 0 Å². The highest BCUT2D eigenvalue weighted by Gasteiger charge is 2.74. The first kappa shape index (κ1) is 13.3. The van der Waals surface area contributed by atoms with Gasteiger partial charge in [0.05, 0.1) is 11.9 Å². The van der Waals surface area contributed by atoms with Crippen molar-refractivity contribution in [3.05, 3.63) is 0 Å². The molecule has 17 heavy (non-hydrogen) atoms. The monoisotopic (exact) mass is 284 g/mol. The molecule has 3 atom stereocenters. The predicted octanol–water partition coefficient (Wildman–Crippen LogP) is -0.650. The summed E-state index contributed by atoms with van der Waals surface area (Å²) in [5.74, 6) is 0. The van der Waals surface area contributed by atoms with Crippen LogP contribution in [0, 0.1) is 0 Å². The zero-order valence-electron chi connectivity index (χ0n) is 9.75. The van der Waals surface area contributed by atoms with Gasteiger partial charge in [-0.2, -0.15) is 0 Å². The maximum Gasteiger partial charge on any atom is 0.223 e. The van der Waals surface area contributed by atoms with Gasteiger partial charge in [0, 0.05) is 20.0 Å². The summed E-state index contributed by atoms with van der Waals surface area (Å²) in [6.07, 6.45) is 1.26. The molecule has 0 bridgehead atoms. The minimum Gasteiger partial charge on any atom is -0.382 e. The molecule has 0 amide bonds. The molecule has 2 rings (SSSR count). The van der Waals surface area contributed by atoms with E-state index in [9.17, 15) is 16.8 Å². The molecule has 8 heteroatoms. The number of ether oxygens (including phenoxy) is 2. The Balaban J connectivity index is 2.53. The van der Waals surface area contributed by atoms with Crippen LogP contribution in [-0.4, -0.2) is 58.8 Å². The molecule has 100 valence electrons. The lowest BCUT2D eigenvalue weighted by Crippen LogP contribution is -2.76. The molecule has 2 heterocycles. The van der Waals surface area contributed by atoms with E-state index >= 15 is 0 Å². The fraction of sp³-hybridized carbons (Fsp3) is 1.00. The van der Waals surface area contributed by atoms with Gasteiger partial charge in [-0.25, -0.2) is 16.8 Å². The van der Waals surface area contributed by atoms with E-state index in [0.29, 0.717) is 19.4 Å². The number of methoxy groups -OCH3 is 1. The Labute approximate surface area is 101 Å². The fourth-order valence-electron chi connectivity index (χ4n) is 2.72. The Morgan fingerprint density at radius 3 is 2.65 bits per heavy atom. The number of sulfone groups is 2. The van der Waals surface area contributed by atoms with Crippen molar-refractivity contribution < 1.29 is 26.3 Å². The average molecular weight is 284 g/mol. The first-order chi connectivity index (χ1) is 7.79. The Kier molecular flexibility index (Phi) is 3.05. The number of hydrogen-bond donors (Lipinski definition) is 0. The molecule has 2 aliphatic heterocycles. The summed E-state index contributed by atoms with van der Waals surface area (Å²) in [5, 5.41) is -0.693. The summed E-state index contributed by atoms with van der Waals surface area (Å²) in [4.78, 5) is 0. The molecule has 0 saturated carbocycles. The molecule has 2 aliphatic rings. The van der Waals surface area contributed by atoms with Crippen LogP contribution in [0.1, 0.15) is 12.8 Å². The van der Waals surface area contributed by atoms with Crippen molar-refractivity contribution in [3.8, 4) is 0 Å². The van der Waals surface area contributed by atoms with E-state index in [1.54, 1.807) is 0 Å². The minimum atomic E-state index is -3.81. The summed E-state index contributed by atoms with van der Waals surface area (Å²) in [7, 11) is -6.26. The molecule has 2 fully saturated rings. The molecule has 0 aromatic heterocycles. The van der Waals surface area contributed by atoms with E-state index < -0.39 is 35.1 Å². The van der Waals surface area contributed by atoms with E-state index in [4.69, 9.17) is 9.47 Å². The molecule has 0 radical (unpaired) electrons. The van der Waals surface area contributed by atoms with Gasteiger partial charge in [-0.1, -0.05) is 0 Å². The number of rotatable bonds is 3. The minimum absolute atomic E-state index is 0.366. The van der Waals surface area contributed by atoms with Crippen LogP contribution in [-0.2, 0) is 29.1 Å². The standard InChI is InChI=1S/C9H16O6S2/c1-14-6-9(16(2,10)11)8-7(17(9,12)13)4-3-5-15-8/h7-8H,3-6H2,1-2H3/t7-,8+,9-/m0/s1. The lowest BCUT2D eigenvalue weighted by atomic mass is 10.0. The maximum atomic E-state index is 12.2. The van der Waals surface area contributed by atoms with Crippen LogP contribution in [0.15, 0.2) is 0 Å². The van der Waals surface area contributed by atoms with Crippen LogP contribution >= 0.6 is 0 Å². The van der Waals surface area contributed by atoms with Crippen molar-refractivity contribution in [2.75, 3.05) is 26.6 Å². The largest absolute Gasteiger partial charge is 0.382 e. The Morgan fingerprint density at radius 1 is 1.47 bits per heavy atom. The Morgan fingerprint density at radius 2 is 2.12 bits per heavy atom. The van der Waals surface area contributed by atoms with E-state index in [1.165, 1.54) is 7.11 Å². The molecule has 2 saturated heterocycles. The molecule has 0 spiro atoms. The summed E-state index contributed by atoms with van der Waals surface area (Å²) in [5.41, 5.74) is 0. The van der Waals surface area contributed by atoms with Crippen LogP contribution in [0.3, 0.4) is 0 Å². The molecule has 0 N–H and O–H groups in total. The highest BCUT2D eigenvalue weighted by Crippen LogP contribution is 2.49. The summed E-state index contributed by atoms with van der Waals surface area (Å²) in [6.45, 7) is 0.0347. The quantitative estimate of drug-likeness (QED) is 0.684. The third-order valence-corrected chi connectivity index (χ3v) is 9.36. The van der Waals surface area contributed by atoms with Crippen LogP contribution in [0.2, 0.25) is 0 Å². The second-order valence-corrected chi connectivity index (χ2v) is 9.49. The Hall–Kier alpha value is -0.180. The van der Waals surface area contributed by atoms with Gasteiger partial charge in [-0.3, -0.25) is 0 Å². The molecular formula is C9H16O6S2. The normalized spacial score (nSPS) is 40.4. The van der Waals surface area contributed by atoms with E-state index in [2.05, 4.69) is 0 Å². The van der Waals surface area contributed by atoms with Crippen molar-refractivity contribution in [3.63, 3.8) is 0 Å². The van der Waals surface area contributed by atoms with Gasteiger partial charge >= 0.3 is 0 Å². The van der Waals surface area contributed by atoms with Crippen LogP contribution in [0.5, 0.6) is 0 Å². The van der Waals surface area contributed by atoms with E-state index in [1.807, 2.05) is 0 Å². The molecular weight excluding hydrogens is 268 g/mol. The molecule has 0 unspecified atom stereocenters. The summed E-state index contributed by atoms with van der Waals surface area (Å²) in [6, 6.07) is 0. The van der Waals surface area contributed by atoms with Crippen molar-refractivity contribution in [2.45, 2.75) is 28.3 Å². The van der Waals surface area contributed by atoms with Gasteiger partial charge in [-0.15, -0.1) is 0 Å². The second kappa shape index (κ2) is 3.91. The third-order valence-electron chi connectivity index (χ3n) is 3.55. The van der Waals surface area contributed by atoms with Gasteiger partial charge in [-0.05, 0) is 12.8 Å². The zero-order chi connectivity index (χ0) is 12.9. The zero-order valence-corrected chi connectivity index (χ0v) is 11.4. The van der Waals surface area contributed by atoms with Crippen molar-refractivity contribution >= 4 is 19.7 Å². The molecule has 6 nitrogen and oxygen atoms in total. The van der Waals surface area contributed by atoms with Crippen molar-refractivity contribution in [2.24, 2.45) is 0 Å². The van der Waals surface area contributed by atoms with E-state index in [-0.39, 0.29) is 6.61 Å². The molecule has 0 aliphatic carbocycles. The highest BCUT2D eigenvalue weighted by molar-refractivity contribution is 8.11. The van der Waals surface area contributed by atoms with Crippen molar-refractivity contribution in [1.29, 1.82) is 0 Å². The lowest BCUT2D eigenvalue weighted by molar-refractivity contribution is -0.0247. The summed E-state index contributed by atoms with van der Waals surface area (Å²) >= 11 is 0. The highest BCUT2D eigenvalue weighted by atomic mass is 32.3. The van der Waals surface area contributed by atoms with Crippen LogP contribution in [0.4, 0.5) is 0 Å². The second-order valence-electron chi connectivity index (χ2n) is 4.53. The van der Waals surface area contributed by atoms with Gasteiger partial charge in [0.2, 0.25) is 4.08 Å². The number of fused-ring (bicyclic) bond motifs is 1. The topological polar surface area (TPSA) is 86.7 Å². The van der Waals surface area contributed by atoms with E-state index in [0.717, 1.165) is 6.26 Å². The van der Waals surface area contributed by atoms with Gasteiger partial charge in [0.15, 0.2) is 19.7 Å². The third kappa shape index (κ3) is 1.50. The lowest BCUT2D eigenvalue weighted by Gasteiger charge is -2.53. The van der Waals surface area contributed by atoms with Crippen molar-refractivity contribution in [1.82, 2.24) is 0 Å². The van der Waals surface area contributed by atoms with Gasteiger partial charge < -0.3 is 9.47 Å². The fourth-order valence-corrected chi connectivity index (χ4v) is 8.09. The molecule has 0 aromatic carbocycles. The van der Waals surface area contributed by atoms with Gasteiger partial charge in [0.1, 0.15) is 6.10 Å². The average Bonchev–Trinajstić information content (AvgIpc) is 2.24. The van der Waals surface area contributed by atoms with Gasteiger partial charge in [0.25, 0.3) is 0 Å². The summed E-state index contributed by atoms with van der Waals surface area (Å²) < 4.78 is 56.4. The smallest absolute Gasteiger partial charge is 0.223 e.